The molecule has 0 atom stereocenters. The Morgan fingerprint density at radius 1 is 1.02 bits per heavy atom. The van der Waals surface area contributed by atoms with Crippen molar-refractivity contribution < 1.29 is 38.1 Å². The fourth-order valence-electron chi connectivity index (χ4n) is 4.83. The summed E-state index contributed by atoms with van der Waals surface area (Å²) < 4.78 is 17.7. The number of hydrogen-bond acceptors (Lipinski definition) is 10. The first-order valence-corrected chi connectivity index (χ1v) is 14.1. The van der Waals surface area contributed by atoms with Gasteiger partial charge in [0.2, 0.25) is 5.78 Å². The Bertz CT molecular complexity index is 1500. The van der Waals surface area contributed by atoms with Crippen molar-refractivity contribution in [3.8, 4) is 0 Å². The number of phosphoric acid groups is 1. The van der Waals surface area contributed by atoms with Gasteiger partial charge in [-0.15, -0.1) is 0 Å². The van der Waals surface area contributed by atoms with E-state index in [4.69, 9.17) is 9.36 Å². The fourth-order valence-corrected chi connectivity index (χ4v) is 5.12. The normalized spacial score (nSPS) is 17.5. The zero-order chi connectivity index (χ0) is 29.3. The Balaban J connectivity index is 1.41. The number of piperazine rings is 1. The molecule has 16 heteroatoms. The highest BCUT2D eigenvalue weighted by molar-refractivity contribution is 7.46. The average molecular weight is 586 g/mol. The highest BCUT2D eigenvalue weighted by atomic mass is 31.2. The van der Waals surface area contributed by atoms with Gasteiger partial charge in [0.15, 0.2) is 0 Å². The summed E-state index contributed by atoms with van der Waals surface area (Å²) in [4.78, 5) is 72.6. The third kappa shape index (κ3) is 5.85. The number of hydrogen-bond donors (Lipinski definition) is 2. The molecule has 1 saturated heterocycles. The van der Waals surface area contributed by atoms with Crippen LogP contribution in [-0.4, -0.2) is 108 Å². The number of aryl methyl sites for hydroxylation is 1. The van der Waals surface area contributed by atoms with E-state index in [1.165, 1.54) is 39.2 Å². The number of Topliss-reactive ketones (excluding diaryl/α,β-unsaturated/α-hetero) is 1. The second kappa shape index (κ2) is 11.4. The number of nitrogens with zero attached hydrogens (tertiary/aromatic N) is 7. The molecule has 1 aromatic carbocycles. The number of carbonyl (C=O) groups excluding carboxylic acids is 3. The summed E-state index contributed by atoms with van der Waals surface area (Å²) in [6, 6.07) is 8.82. The monoisotopic (exact) mass is 585 g/mol. The smallest absolute Gasteiger partial charge is 0.340 e. The minimum atomic E-state index is -4.87. The number of aromatic nitrogens is 3. The summed E-state index contributed by atoms with van der Waals surface area (Å²) in [5, 5.41) is 5.60. The molecule has 1 aromatic heterocycles. The first kappa shape index (κ1) is 28.4. The van der Waals surface area contributed by atoms with Gasteiger partial charge >= 0.3 is 7.82 Å². The molecule has 4 heterocycles. The number of ketones is 1. The molecular formula is C25H28N7O8P. The Labute approximate surface area is 234 Å². The van der Waals surface area contributed by atoms with Gasteiger partial charge in [-0.3, -0.25) is 23.7 Å². The molecule has 216 valence electrons. The minimum Gasteiger partial charge on any atom is -0.340 e. The van der Waals surface area contributed by atoms with Gasteiger partial charge in [0.1, 0.15) is 24.6 Å². The Kier molecular flexibility index (Phi) is 7.89. The standard InChI is InChI=1S/C25H28N7O8P/c1-17-26-15-31(27-17)20-8-9-32(39-2)21-19(14-30(22(20)21)16-40-41(36,37)38)23(33)25(35)29-12-10-28(11-13-29)24(34)18-6-4-3-5-7-18/h3-9,15H,10-14,16H2,1-2H3,(H2,36,37,38). The van der Waals surface area contributed by atoms with E-state index >= 15 is 0 Å². The molecule has 2 aromatic rings. The van der Waals surface area contributed by atoms with Gasteiger partial charge < -0.3 is 24.5 Å². The van der Waals surface area contributed by atoms with E-state index in [-0.39, 0.29) is 49.9 Å². The predicted molar refractivity (Wildman–Crippen MR) is 142 cm³/mol. The summed E-state index contributed by atoms with van der Waals surface area (Å²) in [6.45, 7) is 1.76. The fraction of sp³-hybridized carbons (Fsp3) is 0.320. The molecule has 2 amide bonds. The van der Waals surface area contributed by atoms with Crippen LogP contribution in [0.25, 0.3) is 5.70 Å². The highest BCUT2D eigenvalue weighted by Gasteiger charge is 2.42. The van der Waals surface area contributed by atoms with Crippen molar-refractivity contribution >= 4 is 31.1 Å². The molecule has 15 nitrogen and oxygen atoms in total. The SMILES string of the molecule is CON1C=CC(n2cnc(C)n2)=C2C1=C(C(=O)C(=O)N1CCN(C(=O)c3ccccc3)CC1)CN2COP(=O)(O)O. The average Bonchev–Trinajstić information content (AvgIpc) is 3.58. The zero-order valence-electron chi connectivity index (χ0n) is 22.3. The lowest BCUT2D eigenvalue weighted by atomic mass is 10.1. The van der Waals surface area contributed by atoms with E-state index < -0.39 is 26.2 Å². The number of fused-ring (bicyclic) bond motifs is 1. The van der Waals surface area contributed by atoms with Gasteiger partial charge in [-0.2, -0.15) is 5.10 Å². The van der Waals surface area contributed by atoms with Gasteiger partial charge in [0.05, 0.1) is 30.6 Å². The van der Waals surface area contributed by atoms with E-state index in [2.05, 4.69) is 10.1 Å². The van der Waals surface area contributed by atoms with E-state index in [9.17, 15) is 28.7 Å². The topological polar surface area (TPSA) is 171 Å². The Morgan fingerprint density at radius 2 is 1.71 bits per heavy atom. The molecule has 0 radical (unpaired) electrons. The Hall–Kier alpha value is -4.14. The van der Waals surface area contributed by atoms with Crippen molar-refractivity contribution in [2.45, 2.75) is 6.92 Å². The van der Waals surface area contributed by atoms with Gasteiger partial charge in [-0.25, -0.2) is 19.3 Å². The van der Waals surface area contributed by atoms with Crippen LogP contribution in [0.1, 0.15) is 16.2 Å². The summed E-state index contributed by atoms with van der Waals surface area (Å²) >= 11 is 0. The number of benzene rings is 1. The summed E-state index contributed by atoms with van der Waals surface area (Å²) in [6.07, 6.45) is 4.61. The molecule has 3 aliphatic rings. The number of amides is 2. The van der Waals surface area contributed by atoms with Gasteiger partial charge in [0.25, 0.3) is 11.8 Å². The Morgan fingerprint density at radius 3 is 2.32 bits per heavy atom. The quantitative estimate of drug-likeness (QED) is 0.322. The number of carbonyl (C=O) groups is 3. The van der Waals surface area contributed by atoms with Crippen LogP contribution >= 0.6 is 7.82 Å². The molecule has 0 aliphatic carbocycles. The van der Waals surface area contributed by atoms with Crippen molar-refractivity contribution in [3.63, 3.8) is 0 Å². The second-order valence-corrected chi connectivity index (χ2v) is 10.6. The lowest BCUT2D eigenvalue weighted by Crippen LogP contribution is -2.52. The number of rotatable bonds is 8. The number of allylic oxidation sites excluding steroid dienone is 2. The maximum Gasteiger partial charge on any atom is 0.471 e. The van der Waals surface area contributed by atoms with Crippen molar-refractivity contribution in [1.29, 1.82) is 0 Å². The van der Waals surface area contributed by atoms with Crippen LogP contribution in [0.4, 0.5) is 0 Å². The van der Waals surface area contributed by atoms with Crippen molar-refractivity contribution in [2.24, 2.45) is 0 Å². The largest absolute Gasteiger partial charge is 0.471 e. The first-order chi connectivity index (χ1) is 19.6. The maximum atomic E-state index is 13.7. The van der Waals surface area contributed by atoms with Crippen LogP contribution in [0.5, 0.6) is 0 Å². The van der Waals surface area contributed by atoms with Crippen LogP contribution in [0.3, 0.4) is 0 Å². The molecule has 1 fully saturated rings. The van der Waals surface area contributed by atoms with E-state index in [1.54, 1.807) is 42.2 Å². The van der Waals surface area contributed by atoms with Crippen LogP contribution in [0, 0.1) is 6.92 Å². The predicted octanol–water partition coefficient (Wildman–Crippen LogP) is 0.336. The first-order valence-electron chi connectivity index (χ1n) is 12.6. The van der Waals surface area contributed by atoms with E-state index in [1.807, 2.05) is 6.07 Å². The second-order valence-electron chi connectivity index (χ2n) is 9.35. The van der Waals surface area contributed by atoms with Crippen molar-refractivity contribution in [2.75, 3.05) is 46.6 Å². The summed E-state index contributed by atoms with van der Waals surface area (Å²) in [7, 11) is -3.49. The molecule has 0 spiro atoms. The minimum absolute atomic E-state index is 0.0441. The molecule has 0 saturated carbocycles. The number of hydroxylamine groups is 2. The molecule has 3 aliphatic heterocycles. The van der Waals surface area contributed by atoms with Crippen molar-refractivity contribution in [3.05, 3.63) is 77.3 Å². The lowest BCUT2D eigenvalue weighted by molar-refractivity contribution is -0.144. The van der Waals surface area contributed by atoms with Gasteiger partial charge in [0, 0.05) is 37.9 Å². The maximum absolute atomic E-state index is 13.7. The molecular weight excluding hydrogens is 557 g/mol. The molecule has 41 heavy (non-hydrogen) atoms. The highest BCUT2D eigenvalue weighted by Crippen LogP contribution is 2.42. The molecule has 5 rings (SSSR count). The number of phosphoric ester groups is 1. The van der Waals surface area contributed by atoms with Crippen LogP contribution < -0.4 is 0 Å². The van der Waals surface area contributed by atoms with Gasteiger partial charge in [-0.05, 0) is 25.1 Å². The third-order valence-corrected chi connectivity index (χ3v) is 7.23. The van der Waals surface area contributed by atoms with E-state index in [0.717, 1.165) is 0 Å². The zero-order valence-corrected chi connectivity index (χ0v) is 23.2. The van der Waals surface area contributed by atoms with Crippen LogP contribution in [-0.2, 0) is 23.5 Å². The summed E-state index contributed by atoms with van der Waals surface area (Å²) in [5.41, 5.74) is 1.53. The van der Waals surface area contributed by atoms with Gasteiger partial charge in [-0.1, -0.05) is 18.2 Å². The molecule has 0 bridgehead atoms. The summed E-state index contributed by atoms with van der Waals surface area (Å²) in [5.74, 6) is -1.26. The third-order valence-electron chi connectivity index (χ3n) is 6.78. The molecule has 0 unspecified atom stereocenters. The van der Waals surface area contributed by atoms with Crippen LogP contribution in [0.15, 0.2) is 65.9 Å². The van der Waals surface area contributed by atoms with E-state index in [0.29, 0.717) is 22.8 Å². The van der Waals surface area contributed by atoms with Crippen LogP contribution in [0.2, 0.25) is 0 Å². The lowest BCUT2D eigenvalue weighted by Gasteiger charge is -2.34. The van der Waals surface area contributed by atoms with Crippen molar-refractivity contribution in [1.82, 2.24) is 34.5 Å². The molecule has 2 N–H and O–H groups in total.